The van der Waals surface area contributed by atoms with E-state index in [9.17, 15) is 9.59 Å². The van der Waals surface area contributed by atoms with Gasteiger partial charge in [0.25, 0.3) is 0 Å². The maximum absolute atomic E-state index is 12.5. The molecule has 2 rings (SSSR count). The van der Waals surface area contributed by atoms with Gasteiger partial charge in [-0.2, -0.15) is 0 Å². The number of benzene rings is 1. The summed E-state index contributed by atoms with van der Waals surface area (Å²) in [6.45, 7) is 2.40. The van der Waals surface area contributed by atoms with E-state index in [2.05, 4.69) is 10.0 Å². The summed E-state index contributed by atoms with van der Waals surface area (Å²) >= 11 is 0. The van der Waals surface area contributed by atoms with Crippen molar-refractivity contribution in [3.63, 3.8) is 0 Å². The highest BCUT2D eigenvalue weighted by Crippen LogP contribution is 2.31. The molecule has 7 heteroatoms. The molecule has 1 aromatic rings. The highest BCUT2D eigenvalue weighted by atomic mass is 16.2. The Hall–Kier alpha value is -2.53. The van der Waals surface area contributed by atoms with Crippen LogP contribution in [-0.2, 0) is 9.59 Å². The van der Waals surface area contributed by atoms with Gasteiger partial charge >= 0.3 is 0 Å². The van der Waals surface area contributed by atoms with Gasteiger partial charge in [-0.3, -0.25) is 9.59 Å². The fraction of sp³-hybridized carbons (Fsp3) is 0.500. The van der Waals surface area contributed by atoms with E-state index in [-0.39, 0.29) is 11.8 Å². The first-order valence-corrected chi connectivity index (χ1v) is 7.80. The van der Waals surface area contributed by atoms with E-state index < -0.39 is 11.9 Å². The Morgan fingerprint density at radius 2 is 2.35 bits per heavy atom. The van der Waals surface area contributed by atoms with Gasteiger partial charge in [-0.1, -0.05) is 30.2 Å². The second-order valence-electron chi connectivity index (χ2n) is 5.74. The van der Waals surface area contributed by atoms with Crippen LogP contribution in [0, 0.1) is 0 Å². The van der Waals surface area contributed by atoms with Crippen molar-refractivity contribution in [2.75, 3.05) is 6.54 Å². The molecule has 1 saturated heterocycles. The number of nitrogens with two attached hydrogens (primary N) is 1. The molecule has 1 aliphatic rings. The van der Waals surface area contributed by atoms with Crippen LogP contribution in [-0.4, -0.2) is 29.3 Å². The van der Waals surface area contributed by atoms with Crippen LogP contribution in [0.5, 0.6) is 0 Å². The maximum Gasteiger partial charge on any atom is 0.240 e. The van der Waals surface area contributed by atoms with E-state index in [0.717, 1.165) is 18.4 Å². The van der Waals surface area contributed by atoms with E-state index in [1.54, 1.807) is 11.0 Å². The van der Waals surface area contributed by atoms with Crippen molar-refractivity contribution in [1.29, 1.82) is 0 Å². The van der Waals surface area contributed by atoms with Crippen molar-refractivity contribution in [3.05, 3.63) is 40.3 Å². The van der Waals surface area contributed by atoms with Gasteiger partial charge in [0.05, 0.1) is 0 Å². The number of hydrogen-bond donors (Lipinski definition) is 1. The minimum absolute atomic E-state index is 0.0488. The summed E-state index contributed by atoms with van der Waals surface area (Å²) in [4.78, 5) is 28.5. The standard InChI is InChI=1S/C16H21N5O2/c1-2-14(16(17)23)21-8-4-6-12(10-15(21)22)11-5-3-7-13(9-11)19-20-18/h3,5,7,9,12,14H,2,4,6,8,10H2,1H3,(H2,17,23). The van der Waals surface area contributed by atoms with Crippen LogP contribution < -0.4 is 5.73 Å². The van der Waals surface area contributed by atoms with Crippen molar-refractivity contribution < 1.29 is 9.59 Å². The average Bonchev–Trinajstić information content (AvgIpc) is 2.71. The molecule has 122 valence electrons. The molecule has 2 unspecified atom stereocenters. The van der Waals surface area contributed by atoms with E-state index in [1.807, 2.05) is 25.1 Å². The molecule has 2 amide bonds. The minimum Gasteiger partial charge on any atom is -0.368 e. The molecule has 0 saturated carbocycles. The zero-order valence-electron chi connectivity index (χ0n) is 13.2. The average molecular weight is 315 g/mol. The summed E-state index contributed by atoms with van der Waals surface area (Å²) in [5.74, 6) is -0.441. The van der Waals surface area contributed by atoms with Gasteiger partial charge in [0.15, 0.2) is 0 Å². The van der Waals surface area contributed by atoms with Crippen molar-refractivity contribution >= 4 is 17.5 Å². The summed E-state index contributed by atoms with van der Waals surface area (Å²) in [6, 6.07) is 6.78. The van der Waals surface area contributed by atoms with E-state index in [4.69, 9.17) is 11.3 Å². The lowest BCUT2D eigenvalue weighted by atomic mass is 9.91. The van der Waals surface area contributed by atoms with Crippen molar-refractivity contribution in [2.24, 2.45) is 10.8 Å². The lowest BCUT2D eigenvalue weighted by molar-refractivity contribution is -0.139. The normalized spacial score (nSPS) is 19.6. The topological polar surface area (TPSA) is 112 Å². The first kappa shape index (κ1) is 16.8. The zero-order valence-corrected chi connectivity index (χ0v) is 13.2. The van der Waals surface area contributed by atoms with Crippen molar-refractivity contribution in [2.45, 2.75) is 44.6 Å². The predicted molar refractivity (Wildman–Crippen MR) is 86.8 cm³/mol. The Bertz CT molecular complexity index is 639. The summed E-state index contributed by atoms with van der Waals surface area (Å²) in [6.07, 6.45) is 2.52. The second kappa shape index (κ2) is 7.65. The first-order valence-electron chi connectivity index (χ1n) is 7.80. The largest absolute Gasteiger partial charge is 0.368 e. The summed E-state index contributed by atoms with van der Waals surface area (Å²) in [5, 5.41) is 3.61. The molecular formula is C16H21N5O2. The Labute approximate surface area is 135 Å². The Kier molecular flexibility index (Phi) is 5.60. The molecule has 0 spiro atoms. The summed E-state index contributed by atoms with van der Waals surface area (Å²) in [7, 11) is 0. The smallest absolute Gasteiger partial charge is 0.240 e. The lowest BCUT2D eigenvalue weighted by Crippen LogP contribution is -2.47. The highest BCUT2D eigenvalue weighted by molar-refractivity contribution is 5.87. The fourth-order valence-electron chi connectivity index (χ4n) is 3.14. The van der Waals surface area contributed by atoms with Gasteiger partial charge < -0.3 is 10.6 Å². The maximum atomic E-state index is 12.5. The number of primary amides is 1. The molecule has 0 radical (unpaired) electrons. The van der Waals surface area contributed by atoms with E-state index in [0.29, 0.717) is 25.1 Å². The monoisotopic (exact) mass is 315 g/mol. The molecule has 1 aliphatic heterocycles. The van der Waals surface area contributed by atoms with Crippen LogP contribution in [0.4, 0.5) is 5.69 Å². The van der Waals surface area contributed by atoms with Crippen LogP contribution >= 0.6 is 0 Å². The molecule has 1 fully saturated rings. The predicted octanol–water partition coefficient (Wildman–Crippen LogP) is 2.99. The molecule has 0 aromatic heterocycles. The molecule has 1 heterocycles. The van der Waals surface area contributed by atoms with Gasteiger partial charge in [-0.15, -0.1) is 0 Å². The third-order valence-electron chi connectivity index (χ3n) is 4.29. The molecule has 23 heavy (non-hydrogen) atoms. The third-order valence-corrected chi connectivity index (χ3v) is 4.29. The number of hydrogen-bond acceptors (Lipinski definition) is 3. The number of rotatable bonds is 5. The number of carbonyl (C=O) groups is 2. The SMILES string of the molecule is CCC(C(N)=O)N1CCCC(c2cccc(N=[N+]=[N-])c2)CC1=O. The fourth-order valence-corrected chi connectivity index (χ4v) is 3.14. The molecule has 0 bridgehead atoms. The van der Waals surface area contributed by atoms with Gasteiger partial charge in [0.2, 0.25) is 11.8 Å². The number of amides is 2. The minimum atomic E-state index is -0.532. The van der Waals surface area contributed by atoms with Gasteiger partial charge in [-0.05, 0) is 42.3 Å². The van der Waals surface area contributed by atoms with Gasteiger partial charge in [0, 0.05) is 23.6 Å². The van der Waals surface area contributed by atoms with E-state index >= 15 is 0 Å². The third kappa shape index (κ3) is 4.02. The molecule has 7 nitrogen and oxygen atoms in total. The Morgan fingerprint density at radius 3 is 3.00 bits per heavy atom. The van der Waals surface area contributed by atoms with Crippen molar-refractivity contribution in [3.8, 4) is 0 Å². The Morgan fingerprint density at radius 1 is 1.57 bits per heavy atom. The van der Waals surface area contributed by atoms with Gasteiger partial charge in [-0.25, -0.2) is 0 Å². The Balaban J connectivity index is 2.19. The summed E-state index contributed by atoms with van der Waals surface area (Å²) in [5.41, 5.74) is 15.5. The van der Waals surface area contributed by atoms with Crippen LogP contribution in [0.1, 0.15) is 44.1 Å². The molecule has 0 aliphatic carbocycles. The zero-order chi connectivity index (χ0) is 16.8. The first-order chi connectivity index (χ1) is 11.1. The van der Waals surface area contributed by atoms with Crippen LogP contribution in [0.25, 0.3) is 10.4 Å². The quantitative estimate of drug-likeness (QED) is 0.511. The van der Waals surface area contributed by atoms with Crippen LogP contribution in [0.3, 0.4) is 0 Å². The van der Waals surface area contributed by atoms with Crippen molar-refractivity contribution in [1.82, 2.24) is 4.90 Å². The number of carbonyl (C=O) groups excluding carboxylic acids is 2. The molecule has 2 N–H and O–H groups in total. The molecule has 2 atom stereocenters. The number of nitrogens with zero attached hydrogens (tertiary/aromatic N) is 4. The second-order valence-corrected chi connectivity index (χ2v) is 5.74. The van der Waals surface area contributed by atoms with Gasteiger partial charge in [0.1, 0.15) is 6.04 Å². The van der Waals surface area contributed by atoms with Crippen LogP contribution in [0.15, 0.2) is 29.4 Å². The molecule has 1 aromatic carbocycles. The number of azide groups is 1. The summed E-state index contributed by atoms with van der Waals surface area (Å²) < 4.78 is 0. The van der Waals surface area contributed by atoms with E-state index in [1.165, 1.54) is 0 Å². The highest BCUT2D eigenvalue weighted by Gasteiger charge is 2.31. The number of likely N-dealkylation sites (tertiary alicyclic amines) is 1. The van der Waals surface area contributed by atoms with Crippen LogP contribution in [0.2, 0.25) is 0 Å². The lowest BCUT2D eigenvalue weighted by Gasteiger charge is -2.27. The molecular weight excluding hydrogens is 294 g/mol.